The van der Waals surface area contributed by atoms with Gasteiger partial charge in [0.05, 0.1) is 25.4 Å². The van der Waals surface area contributed by atoms with Crippen molar-refractivity contribution in [2.45, 2.75) is 18.3 Å². The standard InChI is InChI=1S/C18H25F2NO5S/c1-4-26-17(23)18(20,27-21(9-11-24-2)10-12-25-3)13-14-7-5-6-8-15(14)16(19)22/h5-8H,4,9-13H2,1-3H3. The second-order valence-corrected chi connectivity index (χ2v) is 6.91. The summed E-state index contributed by atoms with van der Waals surface area (Å²) in [6.45, 7) is 2.85. The number of halogens is 2. The highest BCUT2D eigenvalue weighted by molar-refractivity contribution is 7.99. The summed E-state index contributed by atoms with van der Waals surface area (Å²) in [5, 5.41) is -2.54. The van der Waals surface area contributed by atoms with Gasteiger partial charge in [-0.25, -0.2) is 13.5 Å². The topological polar surface area (TPSA) is 65.1 Å². The fourth-order valence-corrected chi connectivity index (χ4v) is 3.38. The van der Waals surface area contributed by atoms with Gasteiger partial charge < -0.3 is 14.2 Å². The third kappa shape index (κ3) is 7.53. The molecule has 1 aromatic carbocycles. The lowest BCUT2D eigenvalue weighted by Crippen LogP contribution is -2.40. The lowest BCUT2D eigenvalue weighted by Gasteiger charge is -2.29. The molecule has 0 aromatic heterocycles. The van der Waals surface area contributed by atoms with Crippen molar-refractivity contribution in [3.63, 3.8) is 0 Å². The first-order chi connectivity index (χ1) is 12.9. The zero-order valence-electron chi connectivity index (χ0n) is 15.7. The molecular formula is C18H25F2NO5S. The molecule has 0 N–H and O–H groups in total. The van der Waals surface area contributed by atoms with E-state index in [-0.39, 0.29) is 17.7 Å². The van der Waals surface area contributed by atoms with E-state index in [1.807, 2.05) is 0 Å². The van der Waals surface area contributed by atoms with Crippen LogP contribution >= 0.6 is 11.9 Å². The Labute approximate surface area is 162 Å². The number of methoxy groups -OCH3 is 2. The summed E-state index contributed by atoms with van der Waals surface area (Å²) in [5.74, 6) is -1.09. The maximum atomic E-state index is 15.7. The van der Waals surface area contributed by atoms with Crippen LogP contribution in [0.25, 0.3) is 0 Å². The van der Waals surface area contributed by atoms with Crippen molar-refractivity contribution < 1.29 is 32.6 Å². The number of carbonyl (C=O) groups is 2. The van der Waals surface area contributed by atoms with Crippen LogP contribution in [0.4, 0.5) is 8.78 Å². The van der Waals surface area contributed by atoms with E-state index in [0.717, 1.165) is 0 Å². The molecule has 1 aromatic rings. The molecule has 9 heteroatoms. The molecule has 27 heavy (non-hydrogen) atoms. The average molecular weight is 405 g/mol. The van der Waals surface area contributed by atoms with E-state index in [2.05, 4.69) is 0 Å². The zero-order chi connectivity index (χ0) is 20.3. The maximum absolute atomic E-state index is 15.7. The first kappa shape index (κ1) is 23.5. The molecule has 0 aliphatic rings. The molecule has 0 saturated carbocycles. The smallest absolute Gasteiger partial charge is 0.356 e. The third-order valence-corrected chi connectivity index (χ3v) is 4.81. The van der Waals surface area contributed by atoms with Gasteiger partial charge in [0.15, 0.2) is 0 Å². The van der Waals surface area contributed by atoms with Crippen LogP contribution in [0.5, 0.6) is 0 Å². The van der Waals surface area contributed by atoms with E-state index in [4.69, 9.17) is 14.2 Å². The third-order valence-electron chi connectivity index (χ3n) is 3.59. The molecule has 0 radical (unpaired) electrons. The van der Waals surface area contributed by atoms with Crippen LogP contribution in [0.1, 0.15) is 22.8 Å². The molecule has 1 unspecified atom stereocenters. The highest BCUT2D eigenvalue weighted by Gasteiger charge is 2.44. The molecule has 0 heterocycles. The highest BCUT2D eigenvalue weighted by Crippen LogP contribution is 2.36. The Hall–Kier alpha value is -1.55. The van der Waals surface area contributed by atoms with Gasteiger partial charge in [0.25, 0.3) is 5.00 Å². The number of benzene rings is 1. The molecule has 152 valence electrons. The van der Waals surface area contributed by atoms with Crippen molar-refractivity contribution >= 4 is 24.0 Å². The summed E-state index contributed by atoms with van der Waals surface area (Å²) in [5.41, 5.74) is -0.184. The fraction of sp³-hybridized carbons (Fsp3) is 0.556. The van der Waals surface area contributed by atoms with Gasteiger partial charge in [0.1, 0.15) is 0 Å². The summed E-state index contributed by atoms with van der Waals surface area (Å²) in [6, 6.07) is 4.00. The van der Waals surface area contributed by atoms with E-state index in [0.29, 0.717) is 38.3 Å². The molecule has 1 rings (SSSR count). The van der Waals surface area contributed by atoms with Gasteiger partial charge >= 0.3 is 12.0 Å². The number of alkyl halides is 1. The maximum Gasteiger partial charge on any atom is 0.356 e. The Bertz CT molecular complexity index is 611. The normalized spacial score (nSPS) is 13.4. The molecule has 6 nitrogen and oxygen atoms in total. The minimum Gasteiger partial charge on any atom is -0.463 e. The van der Waals surface area contributed by atoms with Gasteiger partial charge in [-0.2, -0.15) is 4.39 Å². The van der Waals surface area contributed by atoms with Gasteiger partial charge in [0.2, 0.25) is 0 Å². The van der Waals surface area contributed by atoms with Gasteiger partial charge in [-0.1, -0.05) is 18.2 Å². The van der Waals surface area contributed by atoms with Crippen LogP contribution in [0.15, 0.2) is 24.3 Å². The summed E-state index contributed by atoms with van der Waals surface area (Å²) in [4.78, 5) is 23.5. The summed E-state index contributed by atoms with van der Waals surface area (Å²) in [6.07, 6.45) is -0.515. The Morgan fingerprint density at radius 2 is 1.74 bits per heavy atom. The Balaban J connectivity index is 3.12. The number of carbonyl (C=O) groups excluding carboxylic acids is 2. The zero-order valence-corrected chi connectivity index (χ0v) is 16.5. The van der Waals surface area contributed by atoms with Crippen LogP contribution < -0.4 is 0 Å². The Kier molecular flexibility index (Phi) is 10.5. The second-order valence-electron chi connectivity index (χ2n) is 5.56. The number of ether oxygens (including phenoxy) is 3. The van der Waals surface area contributed by atoms with Crippen molar-refractivity contribution in [3.05, 3.63) is 35.4 Å². The van der Waals surface area contributed by atoms with E-state index in [1.165, 1.54) is 32.4 Å². The lowest BCUT2D eigenvalue weighted by molar-refractivity contribution is -0.151. The molecule has 1 atom stereocenters. The quantitative estimate of drug-likeness (QED) is 0.284. The molecule has 0 bridgehead atoms. The molecule has 0 aliphatic heterocycles. The van der Waals surface area contributed by atoms with Crippen LogP contribution in [0.2, 0.25) is 0 Å². The van der Waals surface area contributed by atoms with Gasteiger partial charge in [-0.15, -0.1) is 0 Å². The SMILES string of the molecule is CCOC(=O)C(F)(Cc1ccccc1C(=O)F)SN(CCOC)CCOC. The van der Waals surface area contributed by atoms with Crippen LogP contribution in [-0.4, -0.2) is 68.4 Å². The molecule has 0 spiro atoms. The molecule has 0 saturated heterocycles. The van der Waals surface area contributed by atoms with E-state index < -0.39 is 23.4 Å². The second kappa shape index (κ2) is 12.0. The monoisotopic (exact) mass is 405 g/mol. The Morgan fingerprint density at radius 3 is 2.26 bits per heavy atom. The predicted octanol–water partition coefficient (Wildman–Crippen LogP) is 2.81. The number of esters is 1. The number of hydrogen-bond acceptors (Lipinski definition) is 7. The summed E-state index contributed by atoms with van der Waals surface area (Å²) < 4.78 is 45.5. The van der Waals surface area contributed by atoms with Crippen LogP contribution in [0.3, 0.4) is 0 Å². The molecule has 0 amide bonds. The molecular weight excluding hydrogens is 380 g/mol. The minimum absolute atomic E-state index is 0.00903. The van der Waals surface area contributed by atoms with E-state index in [1.54, 1.807) is 17.3 Å². The van der Waals surface area contributed by atoms with Crippen LogP contribution in [-0.2, 0) is 25.4 Å². The average Bonchev–Trinajstić information content (AvgIpc) is 2.64. The van der Waals surface area contributed by atoms with Crippen molar-refractivity contribution in [3.8, 4) is 0 Å². The number of nitrogens with zero attached hydrogens (tertiary/aromatic N) is 1. The van der Waals surface area contributed by atoms with Crippen molar-refractivity contribution in [1.82, 2.24) is 4.31 Å². The summed E-state index contributed by atoms with van der Waals surface area (Å²) in [7, 11) is 3.02. The van der Waals surface area contributed by atoms with Gasteiger partial charge in [-0.3, -0.25) is 4.79 Å². The first-order valence-electron chi connectivity index (χ1n) is 8.43. The van der Waals surface area contributed by atoms with E-state index >= 15 is 4.39 Å². The van der Waals surface area contributed by atoms with Crippen LogP contribution in [0, 0.1) is 0 Å². The number of rotatable bonds is 13. The van der Waals surface area contributed by atoms with Crippen molar-refractivity contribution in [2.75, 3.05) is 47.1 Å². The lowest BCUT2D eigenvalue weighted by atomic mass is 10.0. The van der Waals surface area contributed by atoms with Gasteiger partial charge in [-0.05, 0) is 30.5 Å². The van der Waals surface area contributed by atoms with Crippen molar-refractivity contribution in [1.29, 1.82) is 0 Å². The Morgan fingerprint density at radius 1 is 1.15 bits per heavy atom. The van der Waals surface area contributed by atoms with Crippen molar-refractivity contribution in [2.24, 2.45) is 0 Å². The number of hydrogen-bond donors (Lipinski definition) is 0. The molecule has 0 aliphatic carbocycles. The highest BCUT2D eigenvalue weighted by atomic mass is 32.2. The largest absolute Gasteiger partial charge is 0.463 e. The van der Waals surface area contributed by atoms with Gasteiger partial charge in [0, 0.05) is 33.7 Å². The summed E-state index contributed by atoms with van der Waals surface area (Å²) >= 11 is 0.634. The van der Waals surface area contributed by atoms with E-state index in [9.17, 15) is 14.0 Å². The molecule has 0 fully saturated rings. The first-order valence-corrected chi connectivity index (χ1v) is 9.21. The fourth-order valence-electron chi connectivity index (χ4n) is 2.29. The minimum atomic E-state index is -2.54. The predicted molar refractivity (Wildman–Crippen MR) is 99.0 cm³/mol.